The van der Waals surface area contributed by atoms with Crippen LogP contribution in [0.4, 0.5) is 4.39 Å². The number of rotatable bonds is 11. The van der Waals surface area contributed by atoms with Crippen LogP contribution in [0.5, 0.6) is 28.9 Å². The van der Waals surface area contributed by atoms with E-state index >= 15 is 4.39 Å². The third-order valence-electron chi connectivity index (χ3n) is 8.22. The van der Waals surface area contributed by atoms with Crippen LogP contribution >= 0.6 is 0 Å². The molecule has 1 saturated heterocycles. The Morgan fingerprint density at radius 3 is 2.54 bits per heavy atom. The molecule has 1 N–H and O–H groups in total. The van der Waals surface area contributed by atoms with E-state index in [4.69, 9.17) is 18.9 Å². The Morgan fingerprint density at radius 2 is 1.78 bits per heavy atom. The second kappa shape index (κ2) is 13.6. The van der Waals surface area contributed by atoms with Crippen LogP contribution in [0.3, 0.4) is 0 Å². The van der Waals surface area contributed by atoms with Gasteiger partial charge in [-0.2, -0.15) is 0 Å². The molecule has 0 amide bonds. The van der Waals surface area contributed by atoms with Gasteiger partial charge in [0.25, 0.3) is 0 Å². The molecule has 1 aliphatic rings. The summed E-state index contributed by atoms with van der Waals surface area (Å²) in [6.07, 6.45) is 3.78. The number of halogens is 1. The number of morpholine rings is 1. The molecule has 11 heteroatoms. The Morgan fingerprint density at radius 1 is 0.957 bits per heavy atom. The van der Waals surface area contributed by atoms with Gasteiger partial charge in [-0.05, 0) is 61.2 Å². The molecular formula is C35H37FN4O6. The maximum absolute atomic E-state index is 15.4. The summed E-state index contributed by atoms with van der Waals surface area (Å²) < 4.78 is 40.9. The van der Waals surface area contributed by atoms with Gasteiger partial charge in [0.2, 0.25) is 5.88 Å². The predicted molar refractivity (Wildman–Crippen MR) is 172 cm³/mol. The number of fused-ring (bicyclic) bond motifs is 1. The Balaban J connectivity index is 1.19. The molecule has 10 nitrogen and oxygen atoms in total. The number of aromatic hydroxyl groups is 1. The molecule has 3 aromatic carbocycles. The second-order valence-corrected chi connectivity index (χ2v) is 11.4. The molecule has 240 valence electrons. The smallest absolute Gasteiger partial charge is 0.336 e. The van der Waals surface area contributed by atoms with Crippen molar-refractivity contribution in [1.29, 1.82) is 0 Å². The maximum atomic E-state index is 15.4. The van der Waals surface area contributed by atoms with Gasteiger partial charge < -0.3 is 24.1 Å². The number of aromatic nitrogens is 3. The lowest BCUT2D eigenvalue weighted by molar-refractivity contribution is 0.0357. The van der Waals surface area contributed by atoms with E-state index in [1.165, 1.54) is 22.9 Å². The van der Waals surface area contributed by atoms with Crippen LogP contribution in [-0.4, -0.2) is 70.7 Å². The van der Waals surface area contributed by atoms with Gasteiger partial charge in [0, 0.05) is 43.4 Å². The van der Waals surface area contributed by atoms with Gasteiger partial charge >= 0.3 is 5.69 Å². The summed E-state index contributed by atoms with van der Waals surface area (Å²) in [5.74, 6) is 0.379. The summed E-state index contributed by atoms with van der Waals surface area (Å²) in [4.78, 5) is 20.0. The summed E-state index contributed by atoms with van der Waals surface area (Å²) in [7, 11) is 1.56. The maximum Gasteiger partial charge on any atom is 0.336 e. The summed E-state index contributed by atoms with van der Waals surface area (Å²) in [5, 5.41) is 11.2. The standard InChI is InChI=1S/C35H37FN4O6/c1-23-5-6-25(17-24(23)2)21-39-22-34(41)40(35(39)42)26-7-8-31(28(36)18-26)46-30-9-10-37-29-20-33(32(43-3)19-27(29)30)45-14-4-11-38-12-15-44-16-13-38/h5-10,17-20,22,41H,4,11-16,21H2,1-3H3. The predicted octanol–water partition coefficient (Wildman–Crippen LogP) is 5.60. The lowest BCUT2D eigenvalue weighted by Crippen LogP contribution is -2.37. The third-order valence-corrected chi connectivity index (χ3v) is 8.22. The van der Waals surface area contributed by atoms with Gasteiger partial charge in [0.1, 0.15) is 5.75 Å². The van der Waals surface area contributed by atoms with Crippen molar-refractivity contribution in [2.24, 2.45) is 0 Å². The molecule has 0 atom stereocenters. The van der Waals surface area contributed by atoms with Crippen LogP contribution in [0.1, 0.15) is 23.1 Å². The highest BCUT2D eigenvalue weighted by Gasteiger charge is 2.18. The molecule has 0 unspecified atom stereocenters. The topological polar surface area (TPSA) is 100 Å². The molecule has 0 spiro atoms. The molecule has 6 rings (SSSR count). The van der Waals surface area contributed by atoms with E-state index in [1.807, 2.05) is 32.0 Å². The summed E-state index contributed by atoms with van der Waals surface area (Å²) in [6.45, 7) is 9.11. The van der Waals surface area contributed by atoms with Crippen LogP contribution in [0.15, 0.2) is 71.8 Å². The van der Waals surface area contributed by atoms with Crippen LogP contribution in [0.25, 0.3) is 16.6 Å². The number of ether oxygens (including phenoxy) is 4. The Hall–Kier alpha value is -4.87. The van der Waals surface area contributed by atoms with Crippen LogP contribution in [-0.2, 0) is 11.3 Å². The number of hydrogen-bond donors (Lipinski definition) is 1. The van der Waals surface area contributed by atoms with Crippen LogP contribution < -0.4 is 19.9 Å². The van der Waals surface area contributed by atoms with Crippen LogP contribution in [0.2, 0.25) is 0 Å². The van der Waals surface area contributed by atoms with Crippen molar-refractivity contribution in [1.82, 2.24) is 19.0 Å². The van der Waals surface area contributed by atoms with E-state index in [0.29, 0.717) is 34.8 Å². The minimum Gasteiger partial charge on any atom is -0.493 e. The van der Waals surface area contributed by atoms with Gasteiger partial charge in [0.05, 0.1) is 50.9 Å². The highest BCUT2D eigenvalue weighted by molar-refractivity contribution is 5.88. The highest BCUT2D eigenvalue weighted by atomic mass is 19.1. The molecule has 46 heavy (non-hydrogen) atoms. The van der Waals surface area contributed by atoms with Crippen molar-refractivity contribution in [3.63, 3.8) is 0 Å². The molecule has 5 aromatic rings. The normalized spacial score (nSPS) is 13.7. The van der Waals surface area contributed by atoms with Gasteiger partial charge in [-0.25, -0.2) is 13.8 Å². The minimum absolute atomic E-state index is 0.0549. The van der Waals surface area contributed by atoms with Crippen molar-refractivity contribution >= 4 is 10.9 Å². The van der Waals surface area contributed by atoms with Gasteiger partial charge in [-0.15, -0.1) is 0 Å². The van der Waals surface area contributed by atoms with E-state index in [9.17, 15) is 9.90 Å². The molecule has 0 radical (unpaired) electrons. The zero-order chi connectivity index (χ0) is 32.2. The second-order valence-electron chi connectivity index (χ2n) is 11.4. The fourth-order valence-electron chi connectivity index (χ4n) is 5.55. The average molecular weight is 629 g/mol. The number of methoxy groups -OCH3 is 1. The Kier molecular flexibility index (Phi) is 9.23. The number of benzene rings is 3. The first-order valence-electron chi connectivity index (χ1n) is 15.3. The average Bonchev–Trinajstić information content (AvgIpc) is 3.33. The van der Waals surface area contributed by atoms with E-state index in [-0.39, 0.29) is 23.9 Å². The molecular weight excluding hydrogens is 591 g/mol. The lowest BCUT2D eigenvalue weighted by atomic mass is 10.1. The number of imidazole rings is 1. The summed E-state index contributed by atoms with van der Waals surface area (Å²) in [5.41, 5.74) is 3.45. The minimum atomic E-state index is -0.706. The van der Waals surface area contributed by atoms with Crippen molar-refractivity contribution in [3.8, 4) is 34.6 Å². The molecule has 1 aliphatic heterocycles. The Bertz CT molecular complexity index is 1910. The third kappa shape index (κ3) is 6.70. The van der Waals surface area contributed by atoms with Crippen molar-refractivity contribution in [2.45, 2.75) is 26.8 Å². The monoisotopic (exact) mass is 628 g/mol. The van der Waals surface area contributed by atoms with E-state index in [2.05, 4.69) is 9.88 Å². The highest BCUT2D eigenvalue weighted by Crippen LogP contribution is 2.38. The number of aryl methyl sites for hydroxylation is 2. The summed E-state index contributed by atoms with van der Waals surface area (Å²) in [6, 6.07) is 15.2. The quantitative estimate of drug-likeness (QED) is 0.189. The van der Waals surface area contributed by atoms with E-state index in [1.54, 1.807) is 31.5 Å². The van der Waals surface area contributed by atoms with Crippen molar-refractivity contribution in [3.05, 3.63) is 100.0 Å². The number of hydrogen-bond acceptors (Lipinski definition) is 8. The zero-order valence-electron chi connectivity index (χ0n) is 26.2. The first kappa shape index (κ1) is 31.1. The van der Waals surface area contributed by atoms with Crippen molar-refractivity contribution < 1.29 is 28.4 Å². The van der Waals surface area contributed by atoms with Crippen LogP contribution in [0, 0.1) is 19.7 Å². The van der Waals surface area contributed by atoms with Gasteiger partial charge in [-0.1, -0.05) is 18.2 Å². The van der Waals surface area contributed by atoms with E-state index < -0.39 is 11.5 Å². The molecule has 0 saturated carbocycles. The Labute approximate surface area is 266 Å². The molecule has 0 aliphatic carbocycles. The van der Waals surface area contributed by atoms with Gasteiger partial charge in [-0.3, -0.25) is 14.5 Å². The first-order valence-corrected chi connectivity index (χ1v) is 15.3. The first-order chi connectivity index (χ1) is 22.3. The fraction of sp³-hybridized carbons (Fsp3) is 0.314. The van der Waals surface area contributed by atoms with Crippen molar-refractivity contribution in [2.75, 3.05) is 46.6 Å². The van der Waals surface area contributed by atoms with Gasteiger partial charge in [0.15, 0.2) is 23.1 Å². The largest absolute Gasteiger partial charge is 0.493 e. The van der Waals surface area contributed by atoms with E-state index in [0.717, 1.165) is 66.6 Å². The SMILES string of the molecule is COc1cc2c(Oc3ccc(-n4c(O)cn(Cc5ccc(C)c(C)c5)c4=O)cc3F)ccnc2cc1OCCCN1CCOCC1. The number of nitrogens with zero attached hydrogens (tertiary/aromatic N) is 4. The number of pyridine rings is 1. The molecule has 1 fully saturated rings. The zero-order valence-corrected chi connectivity index (χ0v) is 26.2. The fourth-order valence-corrected chi connectivity index (χ4v) is 5.55. The molecule has 3 heterocycles. The lowest BCUT2D eigenvalue weighted by Gasteiger charge is -2.26. The molecule has 0 bridgehead atoms. The summed E-state index contributed by atoms with van der Waals surface area (Å²) >= 11 is 0. The molecule has 2 aromatic heterocycles.